The number of hydrogen-bond donors (Lipinski definition) is 2. The summed E-state index contributed by atoms with van der Waals surface area (Å²) in [5, 5.41) is 10.9. The molecule has 0 bridgehead atoms. The molecule has 1 fully saturated rings. The van der Waals surface area contributed by atoms with Crippen LogP contribution in [0, 0.1) is 0 Å². The molecule has 0 unspecified atom stereocenters. The van der Waals surface area contributed by atoms with Crippen molar-refractivity contribution in [2.75, 3.05) is 13.2 Å². The second-order valence-electron chi connectivity index (χ2n) is 6.11. The number of ether oxygens (including phenoxy) is 2. The number of carbonyl (C=O) groups is 4. The number of furan rings is 1. The maximum absolute atomic E-state index is 12.7. The van der Waals surface area contributed by atoms with Gasteiger partial charge in [-0.1, -0.05) is 6.07 Å². The van der Waals surface area contributed by atoms with Gasteiger partial charge in [-0.05, 0) is 42.8 Å². The van der Waals surface area contributed by atoms with Crippen molar-refractivity contribution in [3.8, 4) is 11.5 Å². The first-order chi connectivity index (χ1) is 14.4. The Kier molecular flexibility index (Phi) is 6.16. The summed E-state index contributed by atoms with van der Waals surface area (Å²) in [5.74, 6) is -1.91. The number of aliphatic carboxylic acids is 1. The smallest absolute Gasteiger partial charge is 0.341 e. The molecular weight excluding hydrogens is 396 g/mol. The first kappa shape index (κ1) is 20.6. The van der Waals surface area contributed by atoms with Crippen LogP contribution in [0.25, 0.3) is 6.08 Å². The van der Waals surface area contributed by atoms with E-state index >= 15 is 0 Å². The fraction of sp³-hybridized carbons (Fsp3) is 0.200. The third-order valence-electron chi connectivity index (χ3n) is 4.01. The number of hydrogen-bond acceptors (Lipinski definition) is 7. The van der Waals surface area contributed by atoms with Gasteiger partial charge in [0.1, 0.15) is 11.3 Å². The standard InChI is InChI=1S/C20H18N2O8/c1-2-28-16-9-12(5-6-15(16)30-11-17(23)24)8-14-18(25)21-20(27)22(19(14)26)10-13-4-3-7-29-13/h3-9H,2,10-11H2,1H3,(H,23,24)(H,21,25,27). The maximum atomic E-state index is 12.7. The summed E-state index contributed by atoms with van der Waals surface area (Å²) in [6.07, 6.45) is 2.72. The van der Waals surface area contributed by atoms with Crippen LogP contribution in [0.1, 0.15) is 18.2 Å². The zero-order chi connectivity index (χ0) is 21.7. The lowest BCUT2D eigenvalue weighted by molar-refractivity contribution is -0.139. The van der Waals surface area contributed by atoms with Crippen molar-refractivity contribution in [3.05, 3.63) is 53.5 Å². The lowest BCUT2D eigenvalue weighted by atomic mass is 10.1. The first-order valence-electron chi connectivity index (χ1n) is 8.91. The quantitative estimate of drug-likeness (QED) is 0.493. The lowest BCUT2D eigenvalue weighted by Gasteiger charge is -2.25. The number of nitrogens with one attached hydrogen (secondary N) is 1. The van der Waals surface area contributed by atoms with E-state index in [1.54, 1.807) is 19.1 Å². The monoisotopic (exact) mass is 414 g/mol. The molecule has 1 aromatic heterocycles. The lowest BCUT2D eigenvalue weighted by Crippen LogP contribution is -2.53. The Morgan fingerprint density at radius 3 is 2.67 bits per heavy atom. The van der Waals surface area contributed by atoms with E-state index in [1.807, 2.05) is 0 Å². The summed E-state index contributed by atoms with van der Waals surface area (Å²) in [5.41, 5.74) is 0.176. The third-order valence-corrected chi connectivity index (χ3v) is 4.01. The molecule has 4 amide bonds. The van der Waals surface area contributed by atoms with E-state index in [0.29, 0.717) is 11.3 Å². The molecule has 1 aliphatic rings. The highest BCUT2D eigenvalue weighted by molar-refractivity contribution is 6.30. The zero-order valence-electron chi connectivity index (χ0n) is 15.9. The number of carboxylic acid groups (broad SMARTS) is 1. The van der Waals surface area contributed by atoms with Crippen LogP contribution in [0.15, 0.2) is 46.6 Å². The topological polar surface area (TPSA) is 135 Å². The van der Waals surface area contributed by atoms with Crippen molar-refractivity contribution in [1.82, 2.24) is 10.2 Å². The molecule has 156 valence electrons. The minimum Gasteiger partial charge on any atom is -0.490 e. The van der Waals surface area contributed by atoms with Crippen molar-refractivity contribution in [3.63, 3.8) is 0 Å². The van der Waals surface area contributed by atoms with Gasteiger partial charge >= 0.3 is 12.0 Å². The van der Waals surface area contributed by atoms with Gasteiger partial charge in [0.2, 0.25) is 0 Å². The van der Waals surface area contributed by atoms with E-state index in [0.717, 1.165) is 4.90 Å². The second kappa shape index (κ2) is 8.95. The molecule has 1 saturated heterocycles. The molecule has 30 heavy (non-hydrogen) atoms. The molecule has 10 nitrogen and oxygen atoms in total. The van der Waals surface area contributed by atoms with Crippen molar-refractivity contribution in [2.24, 2.45) is 0 Å². The van der Waals surface area contributed by atoms with Crippen LogP contribution in [0.2, 0.25) is 0 Å². The van der Waals surface area contributed by atoms with Gasteiger partial charge in [-0.2, -0.15) is 0 Å². The average molecular weight is 414 g/mol. The molecule has 2 aromatic rings. The fourth-order valence-electron chi connectivity index (χ4n) is 2.70. The number of carboxylic acids is 1. The molecule has 0 radical (unpaired) electrons. The minimum atomic E-state index is -1.14. The Hall–Kier alpha value is -4.08. The molecule has 2 N–H and O–H groups in total. The van der Waals surface area contributed by atoms with Crippen LogP contribution in [-0.4, -0.2) is 47.0 Å². The highest BCUT2D eigenvalue weighted by atomic mass is 16.5. The molecule has 0 spiro atoms. The first-order valence-corrected chi connectivity index (χ1v) is 8.91. The highest BCUT2D eigenvalue weighted by Crippen LogP contribution is 2.30. The van der Waals surface area contributed by atoms with E-state index in [4.69, 9.17) is 19.0 Å². The van der Waals surface area contributed by atoms with Gasteiger partial charge in [-0.25, -0.2) is 9.59 Å². The summed E-state index contributed by atoms with van der Waals surface area (Å²) >= 11 is 0. The Morgan fingerprint density at radius 1 is 1.20 bits per heavy atom. The summed E-state index contributed by atoms with van der Waals surface area (Å²) in [6.45, 7) is 1.34. The van der Waals surface area contributed by atoms with Crippen LogP contribution in [0.4, 0.5) is 4.79 Å². The van der Waals surface area contributed by atoms with Gasteiger partial charge in [0.05, 0.1) is 19.4 Å². The van der Waals surface area contributed by atoms with Crippen LogP contribution in [-0.2, 0) is 20.9 Å². The second-order valence-corrected chi connectivity index (χ2v) is 6.11. The van der Waals surface area contributed by atoms with Crippen molar-refractivity contribution in [1.29, 1.82) is 0 Å². The summed E-state index contributed by atoms with van der Waals surface area (Å²) in [4.78, 5) is 48.6. The number of barbiturate groups is 1. The van der Waals surface area contributed by atoms with E-state index in [-0.39, 0.29) is 30.2 Å². The molecule has 0 aliphatic carbocycles. The molecule has 1 aromatic carbocycles. The molecular formula is C20H18N2O8. The summed E-state index contributed by atoms with van der Waals surface area (Å²) < 4.78 is 15.8. The van der Waals surface area contributed by atoms with Gasteiger partial charge in [-0.3, -0.25) is 19.8 Å². The van der Waals surface area contributed by atoms with Crippen LogP contribution in [0.5, 0.6) is 11.5 Å². The number of nitrogens with zero attached hydrogens (tertiary/aromatic N) is 1. The number of carbonyl (C=O) groups excluding carboxylic acids is 3. The normalized spacial score (nSPS) is 15.3. The van der Waals surface area contributed by atoms with Gasteiger partial charge in [0, 0.05) is 0 Å². The van der Waals surface area contributed by atoms with Crippen molar-refractivity contribution < 1.29 is 38.2 Å². The Bertz CT molecular complexity index is 1010. The summed E-state index contributed by atoms with van der Waals surface area (Å²) in [7, 11) is 0. The van der Waals surface area contributed by atoms with E-state index in [9.17, 15) is 19.2 Å². The minimum absolute atomic E-state index is 0.131. The van der Waals surface area contributed by atoms with Gasteiger partial charge in [0.15, 0.2) is 18.1 Å². The predicted molar refractivity (Wildman–Crippen MR) is 102 cm³/mol. The van der Waals surface area contributed by atoms with Crippen LogP contribution in [0.3, 0.4) is 0 Å². The number of imide groups is 2. The maximum Gasteiger partial charge on any atom is 0.341 e. The third kappa shape index (κ3) is 4.66. The van der Waals surface area contributed by atoms with E-state index < -0.39 is 30.4 Å². The Labute approximate surface area is 170 Å². The molecule has 10 heteroatoms. The van der Waals surface area contributed by atoms with Crippen LogP contribution >= 0.6 is 0 Å². The average Bonchev–Trinajstić information content (AvgIpc) is 3.21. The molecule has 0 atom stereocenters. The van der Waals surface area contributed by atoms with Crippen molar-refractivity contribution in [2.45, 2.75) is 13.5 Å². The van der Waals surface area contributed by atoms with E-state index in [2.05, 4.69) is 5.32 Å². The van der Waals surface area contributed by atoms with Gasteiger partial charge < -0.3 is 19.0 Å². The molecule has 0 saturated carbocycles. The SMILES string of the molecule is CCOc1cc(C=C2C(=O)NC(=O)N(Cc3ccco3)C2=O)ccc1OCC(=O)O. The number of rotatable bonds is 8. The summed E-state index contributed by atoms with van der Waals surface area (Å²) in [6, 6.07) is 6.88. The van der Waals surface area contributed by atoms with E-state index in [1.165, 1.54) is 30.5 Å². The van der Waals surface area contributed by atoms with Gasteiger partial charge in [-0.15, -0.1) is 0 Å². The molecule has 1 aliphatic heterocycles. The number of urea groups is 1. The zero-order valence-corrected chi connectivity index (χ0v) is 15.9. The Morgan fingerprint density at radius 2 is 2.00 bits per heavy atom. The molecule has 3 rings (SSSR count). The van der Waals surface area contributed by atoms with Crippen molar-refractivity contribution >= 4 is 29.9 Å². The predicted octanol–water partition coefficient (Wildman–Crippen LogP) is 1.80. The highest BCUT2D eigenvalue weighted by Gasteiger charge is 2.36. The van der Waals surface area contributed by atoms with Crippen LogP contribution < -0.4 is 14.8 Å². The fourth-order valence-corrected chi connectivity index (χ4v) is 2.70. The Balaban J connectivity index is 1.88. The number of amides is 4. The van der Waals surface area contributed by atoms with Gasteiger partial charge in [0.25, 0.3) is 11.8 Å². The molecule has 2 heterocycles. The largest absolute Gasteiger partial charge is 0.490 e. The number of benzene rings is 1.